The minimum absolute atomic E-state index is 0.616. The van der Waals surface area contributed by atoms with Crippen LogP contribution in [0.3, 0.4) is 0 Å². The molecule has 2 heteroatoms. The summed E-state index contributed by atoms with van der Waals surface area (Å²) in [5.74, 6) is 1.65. The zero-order chi connectivity index (χ0) is 12.0. The summed E-state index contributed by atoms with van der Waals surface area (Å²) in [6.45, 7) is 7.26. The third-order valence-electron chi connectivity index (χ3n) is 2.94. The summed E-state index contributed by atoms with van der Waals surface area (Å²) in [5, 5.41) is 1.02. The van der Waals surface area contributed by atoms with E-state index in [9.17, 15) is 0 Å². The molecular formula is C14H21BrO. The molecule has 16 heavy (non-hydrogen) atoms. The van der Waals surface area contributed by atoms with Crippen molar-refractivity contribution in [2.75, 3.05) is 11.9 Å². The minimum Gasteiger partial charge on any atom is -0.493 e. The smallest absolute Gasteiger partial charge is 0.122 e. The molecule has 0 aliphatic rings. The Morgan fingerprint density at radius 2 is 2.06 bits per heavy atom. The first kappa shape index (κ1) is 13.6. The summed E-state index contributed by atoms with van der Waals surface area (Å²) >= 11 is 3.54. The molecule has 0 aliphatic heterocycles. The molecule has 0 saturated heterocycles. The zero-order valence-corrected chi connectivity index (χ0v) is 12.0. The Labute approximate surface area is 107 Å². The summed E-state index contributed by atoms with van der Waals surface area (Å²) < 4.78 is 5.89. The van der Waals surface area contributed by atoms with Gasteiger partial charge in [-0.2, -0.15) is 0 Å². The summed E-state index contributed by atoms with van der Waals surface area (Å²) in [5.41, 5.74) is 2.55. The predicted molar refractivity (Wildman–Crippen MR) is 73.6 cm³/mol. The van der Waals surface area contributed by atoms with Gasteiger partial charge in [0.25, 0.3) is 0 Å². The highest BCUT2D eigenvalue weighted by molar-refractivity contribution is 9.09. The van der Waals surface area contributed by atoms with Gasteiger partial charge in [-0.1, -0.05) is 41.4 Å². The molecule has 0 heterocycles. The molecular weight excluding hydrogens is 264 g/mol. The van der Waals surface area contributed by atoms with Crippen molar-refractivity contribution in [3.8, 4) is 5.75 Å². The largest absolute Gasteiger partial charge is 0.493 e. The lowest BCUT2D eigenvalue weighted by atomic mass is 10.1. The molecule has 0 fully saturated rings. The Bertz CT molecular complexity index is 323. The van der Waals surface area contributed by atoms with E-state index in [0.29, 0.717) is 5.92 Å². The molecule has 1 aromatic carbocycles. The fourth-order valence-electron chi connectivity index (χ4n) is 1.70. The van der Waals surface area contributed by atoms with Crippen LogP contribution >= 0.6 is 15.9 Å². The third kappa shape index (κ3) is 3.82. The van der Waals surface area contributed by atoms with Gasteiger partial charge in [0.05, 0.1) is 6.61 Å². The molecule has 0 saturated carbocycles. The Morgan fingerprint density at radius 3 is 2.69 bits per heavy atom. The summed E-state index contributed by atoms with van der Waals surface area (Å²) in [4.78, 5) is 0. The van der Waals surface area contributed by atoms with E-state index in [1.165, 1.54) is 24.0 Å². The van der Waals surface area contributed by atoms with E-state index in [0.717, 1.165) is 17.7 Å². The number of hydrogen-bond acceptors (Lipinski definition) is 1. The van der Waals surface area contributed by atoms with Crippen LogP contribution in [0.1, 0.15) is 30.9 Å². The van der Waals surface area contributed by atoms with Crippen molar-refractivity contribution in [2.24, 2.45) is 5.92 Å². The second kappa shape index (κ2) is 6.95. The van der Waals surface area contributed by atoms with Crippen LogP contribution in [0.25, 0.3) is 0 Å². The molecule has 90 valence electrons. The molecule has 0 aliphatic carbocycles. The van der Waals surface area contributed by atoms with Crippen LogP contribution in [-0.4, -0.2) is 11.9 Å². The van der Waals surface area contributed by atoms with Gasteiger partial charge in [0, 0.05) is 11.2 Å². The van der Waals surface area contributed by atoms with Crippen LogP contribution in [-0.2, 0) is 0 Å². The van der Waals surface area contributed by atoms with Crippen LogP contribution in [0.4, 0.5) is 0 Å². The van der Waals surface area contributed by atoms with Crippen molar-refractivity contribution in [2.45, 2.75) is 33.6 Å². The maximum Gasteiger partial charge on any atom is 0.122 e. The number of ether oxygens (including phenoxy) is 1. The Hall–Kier alpha value is -0.500. The molecule has 0 N–H and O–H groups in total. The molecule has 0 spiro atoms. The van der Waals surface area contributed by atoms with Gasteiger partial charge < -0.3 is 4.74 Å². The number of aryl methyl sites for hydroxylation is 1. The van der Waals surface area contributed by atoms with Crippen LogP contribution < -0.4 is 4.74 Å². The Kier molecular flexibility index (Phi) is 5.89. The molecule has 1 rings (SSSR count). The normalized spacial score (nSPS) is 12.5. The van der Waals surface area contributed by atoms with Gasteiger partial charge in [-0.25, -0.2) is 0 Å². The monoisotopic (exact) mass is 284 g/mol. The number of hydrogen-bond donors (Lipinski definition) is 0. The molecule has 0 aromatic heterocycles. The van der Waals surface area contributed by atoms with Crippen LogP contribution in [0.15, 0.2) is 18.2 Å². The average molecular weight is 285 g/mol. The van der Waals surface area contributed by atoms with E-state index in [2.05, 4.69) is 54.9 Å². The van der Waals surface area contributed by atoms with Crippen molar-refractivity contribution in [1.29, 1.82) is 0 Å². The Balaban J connectivity index is 2.56. The van der Waals surface area contributed by atoms with Crippen molar-refractivity contribution in [3.63, 3.8) is 0 Å². The van der Waals surface area contributed by atoms with E-state index < -0.39 is 0 Å². The van der Waals surface area contributed by atoms with Crippen LogP contribution in [0.2, 0.25) is 0 Å². The first-order valence-corrected chi connectivity index (χ1v) is 7.06. The lowest BCUT2D eigenvalue weighted by Gasteiger charge is -2.16. The first-order valence-electron chi connectivity index (χ1n) is 5.94. The van der Waals surface area contributed by atoms with Gasteiger partial charge in [-0.3, -0.25) is 0 Å². The molecule has 1 unspecified atom stereocenters. The van der Waals surface area contributed by atoms with Gasteiger partial charge in [-0.05, 0) is 37.5 Å². The standard InChI is InChI=1S/C14H21BrO/c1-4-6-13(9-15)10-16-14-8-5-7-11(2)12(14)3/h5,7-8,13H,4,6,9-10H2,1-3H3. The van der Waals surface area contributed by atoms with Crippen molar-refractivity contribution < 1.29 is 4.74 Å². The molecule has 1 nitrogen and oxygen atoms in total. The quantitative estimate of drug-likeness (QED) is 0.699. The van der Waals surface area contributed by atoms with Gasteiger partial charge in [0.15, 0.2) is 0 Å². The maximum atomic E-state index is 5.89. The topological polar surface area (TPSA) is 9.23 Å². The van der Waals surface area contributed by atoms with E-state index in [1.807, 2.05) is 0 Å². The first-order chi connectivity index (χ1) is 7.69. The SMILES string of the molecule is CCCC(CBr)COc1cccc(C)c1C. The van der Waals surface area contributed by atoms with E-state index >= 15 is 0 Å². The van der Waals surface area contributed by atoms with E-state index in [-0.39, 0.29) is 0 Å². The summed E-state index contributed by atoms with van der Waals surface area (Å²) in [6, 6.07) is 6.23. The lowest BCUT2D eigenvalue weighted by molar-refractivity contribution is 0.253. The minimum atomic E-state index is 0.616. The maximum absolute atomic E-state index is 5.89. The third-order valence-corrected chi connectivity index (χ3v) is 3.86. The van der Waals surface area contributed by atoms with Gasteiger partial charge in [0.1, 0.15) is 5.75 Å². The average Bonchev–Trinajstić information content (AvgIpc) is 2.29. The summed E-state index contributed by atoms with van der Waals surface area (Å²) in [6.07, 6.45) is 2.43. The highest BCUT2D eigenvalue weighted by Crippen LogP contribution is 2.22. The lowest BCUT2D eigenvalue weighted by Crippen LogP contribution is -2.13. The number of alkyl halides is 1. The molecule has 1 atom stereocenters. The van der Waals surface area contributed by atoms with Gasteiger partial charge in [-0.15, -0.1) is 0 Å². The second-order valence-corrected chi connectivity index (χ2v) is 4.97. The predicted octanol–water partition coefficient (Wildman–Crippen LogP) is 4.49. The van der Waals surface area contributed by atoms with Crippen molar-refractivity contribution in [3.05, 3.63) is 29.3 Å². The number of benzene rings is 1. The van der Waals surface area contributed by atoms with E-state index in [1.54, 1.807) is 0 Å². The van der Waals surface area contributed by atoms with Gasteiger partial charge >= 0.3 is 0 Å². The van der Waals surface area contributed by atoms with Crippen molar-refractivity contribution in [1.82, 2.24) is 0 Å². The highest BCUT2D eigenvalue weighted by Gasteiger charge is 2.08. The summed E-state index contributed by atoms with van der Waals surface area (Å²) in [7, 11) is 0. The highest BCUT2D eigenvalue weighted by atomic mass is 79.9. The second-order valence-electron chi connectivity index (χ2n) is 4.32. The molecule has 0 radical (unpaired) electrons. The van der Waals surface area contributed by atoms with Crippen molar-refractivity contribution >= 4 is 15.9 Å². The van der Waals surface area contributed by atoms with E-state index in [4.69, 9.17) is 4.74 Å². The fourth-order valence-corrected chi connectivity index (χ4v) is 2.21. The molecule has 0 bridgehead atoms. The zero-order valence-electron chi connectivity index (χ0n) is 10.4. The molecule has 1 aromatic rings. The van der Waals surface area contributed by atoms with Crippen LogP contribution in [0, 0.1) is 19.8 Å². The fraction of sp³-hybridized carbons (Fsp3) is 0.571. The molecule has 0 amide bonds. The Morgan fingerprint density at radius 1 is 1.31 bits per heavy atom. The van der Waals surface area contributed by atoms with Gasteiger partial charge in [0.2, 0.25) is 0 Å². The van der Waals surface area contributed by atoms with Crippen LogP contribution in [0.5, 0.6) is 5.75 Å². The number of rotatable bonds is 6. The number of halogens is 1.